The van der Waals surface area contributed by atoms with Crippen LogP contribution in [0.5, 0.6) is 0 Å². The number of hydrogen-bond donors (Lipinski definition) is 1. The van der Waals surface area contributed by atoms with Crippen molar-refractivity contribution in [3.05, 3.63) is 0 Å². The third-order valence-electron chi connectivity index (χ3n) is 2.70. The van der Waals surface area contributed by atoms with Gasteiger partial charge in [0, 0.05) is 18.0 Å². The Labute approximate surface area is 106 Å². The molecule has 0 atom stereocenters. The first kappa shape index (κ1) is 14.9. The van der Waals surface area contributed by atoms with Crippen molar-refractivity contribution in [2.45, 2.75) is 59.1 Å². The number of rotatable bonds is 8. The van der Waals surface area contributed by atoms with E-state index in [1.165, 1.54) is 12.8 Å². The molecule has 1 fully saturated rings. The molecule has 0 heterocycles. The summed E-state index contributed by atoms with van der Waals surface area (Å²) in [6.45, 7) is 13.9. The molecule has 102 valence electrons. The lowest BCUT2D eigenvalue weighted by molar-refractivity contribution is -0.0452. The van der Waals surface area contributed by atoms with E-state index in [4.69, 9.17) is 9.47 Å². The van der Waals surface area contributed by atoms with Crippen LogP contribution in [0.1, 0.15) is 47.5 Å². The Morgan fingerprint density at radius 3 is 2.24 bits per heavy atom. The summed E-state index contributed by atoms with van der Waals surface area (Å²) in [6, 6.07) is 0.776. The standard InChI is InChI=1S/C14H29NO2/c1-13(2,3)17-9-8-16-11-14(4,5)10-15-12-6-7-12/h12,15H,6-11H2,1-5H3. The highest BCUT2D eigenvalue weighted by molar-refractivity contribution is 4.83. The van der Waals surface area contributed by atoms with Crippen LogP contribution in [-0.4, -0.2) is 38.0 Å². The molecule has 0 spiro atoms. The summed E-state index contributed by atoms with van der Waals surface area (Å²) in [7, 11) is 0. The Morgan fingerprint density at radius 1 is 1.06 bits per heavy atom. The van der Waals surface area contributed by atoms with E-state index in [2.05, 4.69) is 39.9 Å². The zero-order valence-corrected chi connectivity index (χ0v) is 12.1. The molecule has 1 aliphatic carbocycles. The van der Waals surface area contributed by atoms with E-state index >= 15 is 0 Å². The lowest BCUT2D eigenvalue weighted by Crippen LogP contribution is -2.34. The minimum absolute atomic E-state index is 0.0631. The number of ether oxygens (including phenoxy) is 2. The monoisotopic (exact) mass is 243 g/mol. The van der Waals surface area contributed by atoms with Crippen LogP contribution in [-0.2, 0) is 9.47 Å². The smallest absolute Gasteiger partial charge is 0.0707 e. The van der Waals surface area contributed by atoms with Crippen LogP contribution < -0.4 is 5.32 Å². The van der Waals surface area contributed by atoms with Crippen LogP contribution in [0.2, 0.25) is 0 Å². The van der Waals surface area contributed by atoms with Gasteiger partial charge < -0.3 is 14.8 Å². The maximum atomic E-state index is 5.68. The van der Waals surface area contributed by atoms with Crippen LogP contribution in [0.25, 0.3) is 0 Å². The van der Waals surface area contributed by atoms with Gasteiger partial charge in [0.25, 0.3) is 0 Å². The Hall–Kier alpha value is -0.120. The Morgan fingerprint density at radius 2 is 1.71 bits per heavy atom. The highest BCUT2D eigenvalue weighted by atomic mass is 16.5. The summed E-state index contributed by atoms with van der Waals surface area (Å²) >= 11 is 0. The molecule has 0 amide bonds. The summed E-state index contributed by atoms with van der Waals surface area (Å²) in [5.74, 6) is 0. The largest absolute Gasteiger partial charge is 0.378 e. The second-order valence-electron chi connectivity index (χ2n) is 6.83. The van der Waals surface area contributed by atoms with Gasteiger partial charge >= 0.3 is 0 Å². The normalized spacial score (nSPS) is 17.5. The molecule has 0 unspecified atom stereocenters. The molecule has 0 saturated heterocycles. The van der Waals surface area contributed by atoms with Gasteiger partial charge in [-0.1, -0.05) is 13.8 Å². The number of hydrogen-bond acceptors (Lipinski definition) is 3. The molecule has 1 rings (SSSR count). The minimum Gasteiger partial charge on any atom is -0.378 e. The molecule has 0 radical (unpaired) electrons. The maximum Gasteiger partial charge on any atom is 0.0707 e. The zero-order valence-electron chi connectivity index (χ0n) is 12.1. The van der Waals surface area contributed by atoms with E-state index in [1.54, 1.807) is 0 Å². The van der Waals surface area contributed by atoms with Gasteiger partial charge in [0.1, 0.15) is 0 Å². The highest BCUT2D eigenvalue weighted by Crippen LogP contribution is 2.21. The third-order valence-corrected chi connectivity index (χ3v) is 2.70. The fraction of sp³-hybridized carbons (Fsp3) is 1.00. The molecule has 0 aromatic carbocycles. The molecule has 0 aromatic heterocycles. The van der Waals surface area contributed by atoms with Crippen LogP contribution in [0.4, 0.5) is 0 Å². The lowest BCUT2D eigenvalue weighted by Gasteiger charge is -2.25. The average Bonchev–Trinajstić information content (AvgIpc) is 2.95. The summed E-state index contributed by atoms with van der Waals surface area (Å²) in [6.07, 6.45) is 2.69. The van der Waals surface area contributed by atoms with Crippen molar-refractivity contribution in [3.63, 3.8) is 0 Å². The van der Waals surface area contributed by atoms with Gasteiger partial charge in [-0.3, -0.25) is 0 Å². The van der Waals surface area contributed by atoms with Gasteiger partial charge in [0.05, 0.1) is 25.4 Å². The molecule has 3 heteroatoms. The summed E-state index contributed by atoms with van der Waals surface area (Å²) in [4.78, 5) is 0. The molecular formula is C14H29NO2. The van der Waals surface area contributed by atoms with Crippen molar-refractivity contribution in [1.82, 2.24) is 5.32 Å². The first-order valence-electron chi connectivity index (χ1n) is 6.74. The van der Waals surface area contributed by atoms with Crippen LogP contribution >= 0.6 is 0 Å². The Bertz CT molecular complexity index is 217. The Balaban J connectivity index is 1.99. The summed E-state index contributed by atoms with van der Waals surface area (Å²) in [5.41, 5.74) is 0.150. The van der Waals surface area contributed by atoms with Crippen LogP contribution in [0.15, 0.2) is 0 Å². The molecule has 0 aliphatic heterocycles. The topological polar surface area (TPSA) is 30.5 Å². The average molecular weight is 243 g/mol. The summed E-state index contributed by atoms with van der Waals surface area (Å²) < 4.78 is 11.3. The third kappa shape index (κ3) is 8.58. The molecule has 1 saturated carbocycles. The molecule has 1 aliphatic rings. The van der Waals surface area contributed by atoms with Crippen molar-refractivity contribution in [2.24, 2.45) is 5.41 Å². The highest BCUT2D eigenvalue weighted by Gasteiger charge is 2.25. The van der Waals surface area contributed by atoms with Gasteiger partial charge in [-0.05, 0) is 33.6 Å². The van der Waals surface area contributed by atoms with Gasteiger partial charge in [-0.15, -0.1) is 0 Å². The van der Waals surface area contributed by atoms with E-state index in [9.17, 15) is 0 Å². The van der Waals surface area contributed by atoms with Crippen molar-refractivity contribution in [1.29, 1.82) is 0 Å². The van der Waals surface area contributed by atoms with Crippen molar-refractivity contribution < 1.29 is 9.47 Å². The molecule has 0 aromatic rings. The van der Waals surface area contributed by atoms with E-state index < -0.39 is 0 Å². The van der Waals surface area contributed by atoms with E-state index in [-0.39, 0.29) is 11.0 Å². The molecular weight excluding hydrogens is 214 g/mol. The fourth-order valence-electron chi connectivity index (χ4n) is 1.51. The summed E-state index contributed by atoms with van der Waals surface area (Å²) in [5, 5.41) is 3.55. The maximum absolute atomic E-state index is 5.68. The van der Waals surface area contributed by atoms with Crippen molar-refractivity contribution >= 4 is 0 Å². The van der Waals surface area contributed by atoms with Gasteiger partial charge in [0.15, 0.2) is 0 Å². The fourth-order valence-corrected chi connectivity index (χ4v) is 1.51. The second-order valence-corrected chi connectivity index (χ2v) is 6.83. The first-order valence-corrected chi connectivity index (χ1v) is 6.74. The van der Waals surface area contributed by atoms with Gasteiger partial charge in [-0.2, -0.15) is 0 Å². The van der Waals surface area contributed by atoms with Crippen molar-refractivity contribution in [3.8, 4) is 0 Å². The van der Waals surface area contributed by atoms with E-state index in [1.807, 2.05) is 0 Å². The van der Waals surface area contributed by atoms with E-state index in [0.717, 1.165) is 19.2 Å². The van der Waals surface area contributed by atoms with Gasteiger partial charge in [0.2, 0.25) is 0 Å². The molecule has 17 heavy (non-hydrogen) atoms. The minimum atomic E-state index is -0.0631. The quantitative estimate of drug-likeness (QED) is 0.665. The van der Waals surface area contributed by atoms with Crippen LogP contribution in [0, 0.1) is 5.41 Å². The zero-order chi connectivity index (χ0) is 12.9. The van der Waals surface area contributed by atoms with Gasteiger partial charge in [-0.25, -0.2) is 0 Å². The first-order chi connectivity index (χ1) is 7.79. The SMILES string of the molecule is CC(C)(CNC1CC1)COCCOC(C)(C)C. The van der Waals surface area contributed by atoms with E-state index in [0.29, 0.717) is 13.2 Å². The second kappa shape index (κ2) is 6.17. The van der Waals surface area contributed by atoms with Crippen LogP contribution in [0.3, 0.4) is 0 Å². The molecule has 3 nitrogen and oxygen atoms in total. The molecule has 0 bridgehead atoms. The predicted molar refractivity (Wildman–Crippen MR) is 71.3 cm³/mol. The Kier molecular flexibility index (Phi) is 5.42. The molecule has 1 N–H and O–H groups in total. The lowest BCUT2D eigenvalue weighted by atomic mass is 9.95. The van der Waals surface area contributed by atoms with Crippen molar-refractivity contribution in [2.75, 3.05) is 26.4 Å². The number of nitrogens with one attached hydrogen (secondary N) is 1. The predicted octanol–water partition coefficient (Wildman–Crippen LogP) is 2.60.